The number of hydrogen-bond donors (Lipinski definition) is 0. The van der Waals surface area contributed by atoms with Crippen LogP contribution in [-0.4, -0.2) is 48.0 Å². The van der Waals surface area contributed by atoms with Gasteiger partial charge < -0.3 is 18.6 Å². The lowest BCUT2D eigenvalue weighted by molar-refractivity contribution is 0.195. The summed E-state index contributed by atoms with van der Waals surface area (Å²) in [6.45, 7) is 15.8. The third-order valence-electron chi connectivity index (χ3n) is 9.86. The van der Waals surface area contributed by atoms with Gasteiger partial charge in [-0.15, -0.1) is 0 Å². The number of fused-ring (bicyclic) bond motifs is 2. The highest BCUT2D eigenvalue weighted by Gasteiger charge is 2.28. The number of nitrogens with zero attached hydrogens (tertiary/aromatic N) is 4. The number of methoxy groups -OCH3 is 2. The Bertz CT molecular complexity index is 1810. The van der Waals surface area contributed by atoms with Crippen molar-refractivity contribution in [3.8, 4) is 0 Å². The maximum Gasteiger partial charge on any atom is 0.1000 e. The van der Waals surface area contributed by atoms with Crippen LogP contribution in [0.25, 0.3) is 24.3 Å². The molecule has 0 radical (unpaired) electrons. The lowest BCUT2D eigenvalue weighted by Crippen LogP contribution is -2.33. The highest BCUT2D eigenvalue weighted by molar-refractivity contribution is 6.24. The summed E-state index contributed by atoms with van der Waals surface area (Å²) >= 11 is 0. The molecular weight excluding hydrogens is 532 g/mol. The largest absolute Gasteiger partial charge is 0.385 e. The van der Waals surface area contributed by atoms with Crippen LogP contribution in [0.15, 0.2) is 43.7 Å². The van der Waals surface area contributed by atoms with Crippen LogP contribution in [0.5, 0.6) is 0 Å². The Balaban J connectivity index is 1.74. The van der Waals surface area contributed by atoms with Gasteiger partial charge in [0, 0.05) is 49.5 Å². The Kier molecular flexibility index (Phi) is 8.18. The second-order valence-electron chi connectivity index (χ2n) is 12.2. The maximum atomic E-state index is 5.50. The molecule has 0 aromatic carbocycles. The first-order chi connectivity index (χ1) is 20.8. The first-order valence-corrected chi connectivity index (χ1v) is 16.0. The van der Waals surface area contributed by atoms with Crippen molar-refractivity contribution < 1.29 is 9.47 Å². The molecule has 0 spiro atoms. The van der Waals surface area contributed by atoms with Crippen molar-refractivity contribution in [2.75, 3.05) is 27.4 Å². The Morgan fingerprint density at radius 2 is 1.26 bits per heavy atom. The summed E-state index contributed by atoms with van der Waals surface area (Å²) in [5.41, 5.74) is 17.5. The minimum atomic E-state index is 0.737. The average Bonchev–Trinajstić information content (AvgIpc) is 3.62. The minimum absolute atomic E-state index is 0.737. The second-order valence-corrected chi connectivity index (χ2v) is 12.2. The van der Waals surface area contributed by atoms with Crippen molar-refractivity contribution in [1.82, 2.24) is 9.13 Å². The fourth-order valence-electron chi connectivity index (χ4n) is 7.44. The van der Waals surface area contributed by atoms with Gasteiger partial charge in [-0.1, -0.05) is 13.8 Å². The zero-order valence-corrected chi connectivity index (χ0v) is 27.3. The number of hydrogen-bond acceptors (Lipinski definition) is 4. The van der Waals surface area contributed by atoms with Gasteiger partial charge in [0.15, 0.2) is 0 Å². The molecule has 4 aliphatic heterocycles. The van der Waals surface area contributed by atoms with E-state index in [1.54, 1.807) is 14.2 Å². The van der Waals surface area contributed by atoms with Gasteiger partial charge in [0.05, 0.1) is 29.5 Å². The molecule has 0 saturated carbocycles. The van der Waals surface area contributed by atoms with E-state index in [0.717, 1.165) is 81.2 Å². The summed E-state index contributed by atoms with van der Waals surface area (Å²) in [5.74, 6) is 0. The third-order valence-corrected chi connectivity index (χ3v) is 9.86. The monoisotopic (exact) mass is 578 g/mol. The molecule has 0 atom stereocenters. The van der Waals surface area contributed by atoms with Crippen molar-refractivity contribution in [3.05, 3.63) is 78.0 Å². The van der Waals surface area contributed by atoms with Crippen LogP contribution in [0.3, 0.4) is 0 Å². The van der Waals surface area contributed by atoms with Crippen molar-refractivity contribution in [3.63, 3.8) is 0 Å². The third kappa shape index (κ3) is 4.89. The van der Waals surface area contributed by atoms with Gasteiger partial charge in [-0.3, -0.25) is 0 Å². The highest BCUT2D eigenvalue weighted by Crippen LogP contribution is 2.37. The van der Waals surface area contributed by atoms with Gasteiger partial charge >= 0.3 is 0 Å². The number of rotatable bonds is 10. The minimum Gasteiger partial charge on any atom is -0.385 e. The average molecular weight is 579 g/mol. The molecule has 6 rings (SSSR count). The molecule has 4 aliphatic rings. The summed E-state index contributed by atoms with van der Waals surface area (Å²) in [6, 6.07) is 0. The number of allylic oxidation sites excluding steroid dienone is 4. The van der Waals surface area contributed by atoms with Gasteiger partial charge in [0.2, 0.25) is 0 Å². The molecule has 0 N–H and O–H groups in total. The summed E-state index contributed by atoms with van der Waals surface area (Å²) in [4.78, 5) is 10.6. The van der Waals surface area contributed by atoms with Crippen LogP contribution in [0, 0.1) is 13.8 Å². The molecule has 0 amide bonds. The molecule has 6 heteroatoms. The molecular formula is C37H46N4O2. The SMILES string of the molecule is CCC1=C(C)C2=NC1=Cc1c(C)c(CCCOC)c3n1Cn1c(c(C)c(CC)c1=C2)=CC1=NC(=C3)C(CCCOC)=C1C. The zero-order chi connectivity index (χ0) is 30.4. The van der Waals surface area contributed by atoms with Crippen LogP contribution in [0.4, 0.5) is 0 Å². The molecule has 0 saturated heterocycles. The van der Waals surface area contributed by atoms with Gasteiger partial charge in [0.25, 0.3) is 0 Å². The van der Waals surface area contributed by atoms with Crippen molar-refractivity contribution in [2.24, 2.45) is 9.98 Å². The van der Waals surface area contributed by atoms with Crippen LogP contribution in [0.1, 0.15) is 87.0 Å². The van der Waals surface area contributed by atoms with E-state index in [2.05, 4.69) is 75.0 Å². The Hall–Kier alpha value is -3.48. The molecule has 0 unspecified atom stereocenters. The molecule has 6 nitrogen and oxygen atoms in total. The Morgan fingerprint density at radius 3 is 1.91 bits per heavy atom. The molecule has 43 heavy (non-hydrogen) atoms. The van der Waals surface area contributed by atoms with E-state index in [1.165, 1.54) is 66.6 Å². The molecule has 6 bridgehead atoms. The first-order valence-electron chi connectivity index (χ1n) is 16.0. The Labute approximate surface area is 256 Å². The normalized spacial score (nSPS) is 17.0. The fourth-order valence-corrected chi connectivity index (χ4v) is 7.44. The predicted molar refractivity (Wildman–Crippen MR) is 179 cm³/mol. The highest BCUT2D eigenvalue weighted by atomic mass is 16.5. The van der Waals surface area contributed by atoms with Crippen molar-refractivity contribution in [1.29, 1.82) is 0 Å². The van der Waals surface area contributed by atoms with Gasteiger partial charge in [-0.2, -0.15) is 0 Å². The summed E-state index contributed by atoms with van der Waals surface area (Å²) in [7, 11) is 3.57. The molecule has 2 aromatic heterocycles. The molecule has 6 heterocycles. The molecule has 2 aromatic rings. The number of ether oxygens (including phenoxy) is 2. The summed E-state index contributed by atoms with van der Waals surface area (Å²) in [5, 5.41) is 2.50. The van der Waals surface area contributed by atoms with Crippen LogP contribution >= 0.6 is 0 Å². The van der Waals surface area contributed by atoms with Crippen LogP contribution in [0.2, 0.25) is 0 Å². The topological polar surface area (TPSA) is 53.0 Å². The first kappa shape index (κ1) is 29.6. The summed E-state index contributed by atoms with van der Waals surface area (Å²) in [6.07, 6.45) is 15.2. The number of aromatic nitrogens is 2. The van der Waals surface area contributed by atoms with E-state index in [-0.39, 0.29) is 0 Å². The van der Waals surface area contributed by atoms with Crippen molar-refractivity contribution >= 4 is 35.7 Å². The standard InChI is InChI=1S/C37H46N4O2/c1-9-26-22(3)31-18-36-27(10-2)24(5)34-17-30-23(4)28(13-11-15-42-7)33(39-30)20-37-29(14-12-16-43-8)25(6)35(19-32(26)38-31)41(37)21-40(34)36/h17-20H,9-16,21H2,1-8H3. The van der Waals surface area contributed by atoms with Gasteiger partial charge in [-0.25, -0.2) is 9.98 Å². The predicted octanol–water partition coefficient (Wildman–Crippen LogP) is 6.20. The fraction of sp³-hybridized carbons (Fsp3) is 0.459. The van der Waals surface area contributed by atoms with E-state index < -0.39 is 0 Å². The van der Waals surface area contributed by atoms with Gasteiger partial charge in [-0.05, 0) is 135 Å². The lowest BCUT2D eigenvalue weighted by atomic mass is 9.98. The van der Waals surface area contributed by atoms with Crippen LogP contribution in [-0.2, 0) is 29.0 Å². The molecule has 0 fully saturated rings. The van der Waals surface area contributed by atoms with Gasteiger partial charge in [0.1, 0.15) is 0 Å². The van der Waals surface area contributed by atoms with Crippen molar-refractivity contribution in [2.45, 2.75) is 86.7 Å². The molecule has 226 valence electrons. The second kappa shape index (κ2) is 11.9. The maximum absolute atomic E-state index is 5.50. The summed E-state index contributed by atoms with van der Waals surface area (Å²) < 4.78 is 16.0. The van der Waals surface area contributed by atoms with E-state index in [4.69, 9.17) is 19.5 Å². The lowest BCUT2D eigenvalue weighted by Gasteiger charge is -2.16. The van der Waals surface area contributed by atoms with E-state index in [1.807, 2.05) is 0 Å². The van der Waals surface area contributed by atoms with E-state index in [0.29, 0.717) is 0 Å². The van der Waals surface area contributed by atoms with Crippen LogP contribution < -0.4 is 10.7 Å². The zero-order valence-electron chi connectivity index (χ0n) is 27.3. The Morgan fingerprint density at radius 1 is 0.651 bits per heavy atom. The molecule has 0 aliphatic carbocycles. The quantitative estimate of drug-likeness (QED) is 0.315. The number of aliphatic imine (C=N–C) groups is 2. The smallest absolute Gasteiger partial charge is 0.1000 e. The van der Waals surface area contributed by atoms with E-state index >= 15 is 0 Å². The van der Waals surface area contributed by atoms with E-state index in [9.17, 15) is 0 Å².